The first-order valence-electron chi connectivity index (χ1n) is 7.48. The lowest BCUT2D eigenvalue weighted by atomic mass is 9.96. The number of phenols is 1. The number of benzene rings is 1. The van der Waals surface area contributed by atoms with E-state index in [0.29, 0.717) is 11.8 Å². The summed E-state index contributed by atoms with van der Waals surface area (Å²) in [6, 6.07) is 6.41. The summed E-state index contributed by atoms with van der Waals surface area (Å²) in [5.74, 6) is 1.34. The first kappa shape index (κ1) is 18.6. The number of hydrogen-bond acceptors (Lipinski definition) is 3. The molecule has 0 aromatic heterocycles. The fourth-order valence-electron chi connectivity index (χ4n) is 3.08. The van der Waals surface area contributed by atoms with Gasteiger partial charge in [0.05, 0.1) is 0 Å². The quantitative estimate of drug-likeness (QED) is 0.888. The zero-order chi connectivity index (χ0) is 13.2. The van der Waals surface area contributed by atoms with Gasteiger partial charge in [-0.05, 0) is 25.3 Å². The summed E-state index contributed by atoms with van der Waals surface area (Å²) in [6.07, 6.45) is 3.95. The van der Waals surface area contributed by atoms with E-state index in [1.807, 2.05) is 12.1 Å². The second-order valence-electron chi connectivity index (χ2n) is 6.04. The number of nitrogens with zero attached hydrogens (tertiary/aromatic N) is 1. The second kappa shape index (κ2) is 8.23. The Morgan fingerprint density at radius 3 is 2.52 bits per heavy atom. The van der Waals surface area contributed by atoms with Crippen LogP contribution in [-0.4, -0.2) is 36.2 Å². The highest BCUT2D eigenvalue weighted by molar-refractivity contribution is 5.85. The summed E-state index contributed by atoms with van der Waals surface area (Å²) in [5.41, 5.74) is 2.37. The Bertz CT molecular complexity index is 446. The van der Waals surface area contributed by atoms with Gasteiger partial charge in [0.25, 0.3) is 0 Å². The van der Waals surface area contributed by atoms with E-state index in [1.165, 1.54) is 24.8 Å². The first-order valence-corrected chi connectivity index (χ1v) is 7.48. The fourth-order valence-corrected chi connectivity index (χ4v) is 3.08. The average molecular weight is 333 g/mol. The molecule has 1 aliphatic heterocycles. The summed E-state index contributed by atoms with van der Waals surface area (Å²) in [6.45, 7) is 6.41. The molecule has 0 spiro atoms. The van der Waals surface area contributed by atoms with Gasteiger partial charge in [-0.1, -0.05) is 30.5 Å². The minimum Gasteiger partial charge on any atom is -0.508 e. The molecule has 5 heteroatoms. The predicted octanol–water partition coefficient (Wildman–Crippen LogP) is 3.29. The van der Waals surface area contributed by atoms with Crippen molar-refractivity contribution < 1.29 is 5.11 Å². The number of aryl methyl sites for hydroxylation is 1. The normalized spacial score (nSPS) is 20.2. The lowest BCUT2D eigenvalue weighted by Crippen LogP contribution is -2.45. The molecule has 1 saturated heterocycles. The SMILES string of the molecule is Cc1ccc(O)c([C@@H](CC2CC2)N2CCNCC2)c1.Cl.Cl. The smallest absolute Gasteiger partial charge is 0.120 e. The number of rotatable bonds is 4. The molecule has 1 aromatic carbocycles. The molecule has 1 aliphatic carbocycles. The Morgan fingerprint density at radius 2 is 1.90 bits per heavy atom. The molecule has 3 nitrogen and oxygen atoms in total. The minimum atomic E-state index is 0. The number of halogens is 2. The van der Waals surface area contributed by atoms with E-state index in [1.54, 1.807) is 0 Å². The average Bonchev–Trinajstić information content (AvgIpc) is 3.24. The Labute approximate surface area is 139 Å². The molecule has 2 fully saturated rings. The van der Waals surface area contributed by atoms with Gasteiger partial charge in [-0.2, -0.15) is 0 Å². The Morgan fingerprint density at radius 1 is 1.24 bits per heavy atom. The monoisotopic (exact) mass is 332 g/mol. The Hall–Kier alpha value is -0.480. The zero-order valence-corrected chi connectivity index (χ0v) is 14.2. The first-order chi connectivity index (χ1) is 9.24. The molecule has 2 aliphatic rings. The molecular weight excluding hydrogens is 307 g/mol. The summed E-state index contributed by atoms with van der Waals surface area (Å²) in [4.78, 5) is 2.54. The molecule has 1 aromatic rings. The van der Waals surface area contributed by atoms with E-state index in [4.69, 9.17) is 0 Å². The van der Waals surface area contributed by atoms with Crippen LogP contribution in [0.4, 0.5) is 0 Å². The van der Waals surface area contributed by atoms with E-state index >= 15 is 0 Å². The highest BCUT2D eigenvalue weighted by atomic mass is 35.5. The highest BCUT2D eigenvalue weighted by Crippen LogP contribution is 2.42. The van der Waals surface area contributed by atoms with E-state index in [0.717, 1.165) is 37.7 Å². The standard InChI is InChI=1S/C16H24N2O.2ClH/c1-12-2-5-16(19)14(10-12)15(11-13-3-4-13)18-8-6-17-7-9-18;;/h2,5,10,13,15,17,19H,3-4,6-9,11H2,1H3;2*1H/t15-;;/m1../s1. The van der Waals surface area contributed by atoms with Crippen LogP contribution in [-0.2, 0) is 0 Å². The summed E-state index contributed by atoms with van der Waals surface area (Å²) in [5, 5.41) is 13.6. The van der Waals surface area contributed by atoms with Crippen LogP contribution in [0.5, 0.6) is 5.75 Å². The van der Waals surface area contributed by atoms with Gasteiger partial charge in [-0.15, -0.1) is 24.8 Å². The van der Waals surface area contributed by atoms with Gasteiger partial charge in [0.1, 0.15) is 5.75 Å². The number of piperazine rings is 1. The maximum atomic E-state index is 10.2. The molecule has 1 atom stereocenters. The summed E-state index contributed by atoms with van der Waals surface area (Å²) < 4.78 is 0. The van der Waals surface area contributed by atoms with E-state index in [2.05, 4.69) is 23.2 Å². The summed E-state index contributed by atoms with van der Waals surface area (Å²) >= 11 is 0. The van der Waals surface area contributed by atoms with Crippen LogP contribution in [0, 0.1) is 12.8 Å². The molecule has 3 rings (SSSR count). The van der Waals surface area contributed by atoms with Crippen LogP contribution >= 0.6 is 24.8 Å². The van der Waals surface area contributed by atoms with Crippen molar-refractivity contribution in [2.24, 2.45) is 5.92 Å². The van der Waals surface area contributed by atoms with Gasteiger partial charge in [0, 0.05) is 37.8 Å². The van der Waals surface area contributed by atoms with Crippen molar-refractivity contribution in [2.45, 2.75) is 32.2 Å². The molecule has 2 N–H and O–H groups in total. The van der Waals surface area contributed by atoms with Gasteiger partial charge in [0.2, 0.25) is 0 Å². The molecule has 0 unspecified atom stereocenters. The number of phenolic OH excluding ortho intramolecular Hbond substituents is 1. The van der Waals surface area contributed by atoms with Crippen molar-refractivity contribution in [3.63, 3.8) is 0 Å². The molecule has 21 heavy (non-hydrogen) atoms. The molecule has 120 valence electrons. The third-order valence-corrected chi connectivity index (χ3v) is 4.39. The summed E-state index contributed by atoms with van der Waals surface area (Å²) in [7, 11) is 0. The fraction of sp³-hybridized carbons (Fsp3) is 0.625. The van der Waals surface area contributed by atoms with Gasteiger partial charge >= 0.3 is 0 Å². The predicted molar refractivity (Wildman–Crippen MR) is 91.9 cm³/mol. The van der Waals surface area contributed by atoms with E-state index in [-0.39, 0.29) is 24.8 Å². The number of aromatic hydroxyl groups is 1. The maximum Gasteiger partial charge on any atom is 0.120 e. The zero-order valence-electron chi connectivity index (χ0n) is 12.5. The van der Waals surface area contributed by atoms with E-state index < -0.39 is 0 Å². The van der Waals surface area contributed by atoms with Crippen LogP contribution in [0.25, 0.3) is 0 Å². The third kappa shape index (κ3) is 4.75. The largest absolute Gasteiger partial charge is 0.508 e. The number of nitrogens with one attached hydrogen (secondary N) is 1. The van der Waals surface area contributed by atoms with Crippen molar-refractivity contribution in [1.29, 1.82) is 0 Å². The molecular formula is C16H26Cl2N2O. The van der Waals surface area contributed by atoms with Gasteiger partial charge < -0.3 is 10.4 Å². The van der Waals surface area contributed by atoms with E-state index in [9.17, 15) is 5.11 Å². The molecule has 1 heterocycles. The van der Waals surface area contributed by atoms with Gasteiger partial charge in [-0.25, -0.2) is 0 Å². The molecule has 0 radical (unpaired) electrons. The lowest BCUT2D eigenvalue weighted by molar-refractivity contribution is 0.158. The minimum absolute atomic E-state index is 0. The van der Waals surface area contributed by atoms with Gasteiger partial charge in [0.15, 0.2) is 0 Å². The molecule has 0 bridgehead atoms. The van der Waals surface area contributed by atoms with Gasteiger partial charge in [-0.3, -0.25) is 4.90 Å². The lowest BCUT2D eigenvalue weighted by Gasteiger charge is -2.35. The number of hydrogen-bond donors (Lipinski definition) is 2. The second-order valence-corrected chi connectivity index (χ2v) is 6.04. The van der Waals surface area contributed by atoms with Crippen molar-refractivity contribution in [2.75, 3.05) is 26.2 Å². The van der Waals surface area contributed by atoms with Crippen molar-refractivity contribution in [1.82, 2.24) is 10.2 Å². The van der Waals surface area contributed by atoms with Crippen molar-refractivity contribution in [3.05, 3.63) is 29.3 Å². The highest BCUT2D eigenvalue weighted by Gasteiger charge is 2.31. The van der Waals surface area contributed by atoms with Crippen molar-refractivity contribution in [3.8, 4) is 5.75 Å². The van der Waals surface area contributed by atoms with Crippen LogP contribution in [0.1, 0.15) is 36.4 Å². The maximum absolute atomic E-state index is 10.2. The molecule has 0 amide bonds. The third-order valence-electron chi connectivity index (χ3n) is 4.39. The van der Waals surface area contributed by atoms with Crippen molar-refractivity contribution >= 4 is 24.8 Å². The van der Waals surface area contributed by atoms with Crippen LogP contribution < -0.4 is 5.32 Å². The Balaban J connectivity index is 0.00000110. The van der Waals surface area contributed by atoms with Crippen LogP contribution in [0.15, 0.2) is 18.2 Å². The van der Waals surface area contributed by atoms with Crippen LogP contribution in [0.3, 0.4) is 0 Å². The Kier molecular flexibility index (Phi) is 7.28. The molecule has 1 saturated carbocycles. The van der Waals surface area contributed by atoms with Crippen LogP contribution in [0.2, 0.25) is 0 Å². The topological polar surface area (TPSA) is 35.5 Å².